The number of ether oxygens (including phenoxy) is 2. The molecule has 1 atom stereocenters. The summed E-state index contributed by atoms with van der Waals surface area (Å²) in [6.45, 7) is 0.517. The predicted octanol–water partition coefficient (Wildman–Crippen LogP) is 2.61. The third kappa shape index (κ3) is 4.26. The molecular formula is C19H20FN5O3. The van der Waals surface area contributed by atoms with E-state index in [0.29, 0.717) is 29.0 Å². The van der Waals surface area contributed by atoms with Gasteiger partial charge in [0, 0.05) is 12.6 Å². The summed E-state index contributed by atoms with van der Waals surface area (Å²) in [5.74, 6) is 0.746. The van der Waals surface area contributed by atoms with Crippen LogP contribution >= 0.6 is 0 Å². The molecule has 0 saturated heterocycles. The van der Waals surface area contributed by atoms with Gasteiger partial charge in [0.05, 0.1) is 18.5 Å². The fourth-order valence-corrected chi connectivity index (χ4v) is 2.87. The van der Waals surface area contributed by atoms with E-state index in [9.17, 15) is 9.18 Å². The number of halogens is 1. The maximum Gasteiger partial charge on any atom is 0.410 e. The molecule has 1 unspecified atom stereocenters. The molecule has 146 valence electrons. The van der Waals surface area contributed by atoms with Crippen molar-refractivity contribution in [2.24, 2.45) is 5.73 Å². The molecule has 0 fully saturated rings. The van der Waals surface area contributed by atoms with E-state index < -0.39 is 6.09 Å². The number of nitrogens with one attached hydrogen (secondary N) is 2. The SMILES string of the molecule is CNCC(Nc1ncnc2c(OC(N)=O)cc(OC)cc12)c1cccc(F)c1. The highest BCUT2D eigenvalue weighted by atomic mass is 19.1. The first-order chi connectivity index (χ1) is 13.5. The highest BCUT2D eigenvalue weighted by molar-refractivity contribution is 5.95. The molecule has 0 radical (unpaired) electrons. The Balaban J connectivity index is 2.07. The summed E-state index contributed by atoms with van der Waals surface area (Å²) in [6, 6.07) is 9.28. The lowest BCUT2D eigenvalue weighted by Crippen LogP contribution is -2.24. The molecule has 0 spiro atoms. The van der Waals surface area contributed by atoms with Crippen molar-refractivity contribution in [2.45, 2.75) is 6.04 Å². The summed E-state index contributed by atoms with van der Waals surface area (Å²) >= 11 is 0. The first kappa shape index (κ1) is 19.3. The monoisotopic (exact) mass is 385 g/mol. The van der Waals surface area contributed by atoms with Gasteiger partial charge in [-0.05, 0) is 30.8 Å². The summed E-state index contributed by atoms with van der Waals surface area (Å²) in [6.07, 6.45) is 0.378. The minimum absolute atomic E-state index is 0.156. The zero-order chi connectivity index (χ0) is 20.1. The number of methoxy groups -OCH3 is 1. The van der Waals surface area contributed by atoms with Crippen molar-refractivity contribution in [3.8, 4) is 11.5 Å². The number of nitrogens with two attached hydrogens (primary N) is 1. The Labute approximate surface area is 160 Å². The van der Waals surface area contributed by atoms with Crippen molar-refractivity contribution in [3.63, 3.8) is 0 Å². The second kappa shape index (κ2) is 8.49. The number of likely N-dealkylation sites (N-methyl/N-ethyl adjacent to an activating group) is 1. The summed E-state index contributed by atoms with van der Waals surface area (Å²) in [7, 11) is 3.29. The van der Waals surface area contributed by atoms with E-state index in [4.69, 9.17) is 15.2 Å². The molecule has 3 aromatic rings. The largest absolute Gasteiger partial charge is 0.497 e. The van der Waals surface area contributed by atoms with Crippen LogP contribution in [0.15, 0.2) is 42.7 Å². The van der Waals surface area contributed by atoms with Crippen LogP contribution in [0, 0.1) is 5.82 Å². The minimum atomic E-state index is -0.963. The van der Waals surface area contributed by atoms with Crippen LogP contribution in [0.4, 0.5) is 15.0 Å². The molecule has 0 aliphatic rings. The van der Waals surface area contributed by atoms with Gasteiger partial charge in [-0.15, -0.1) is 0 Å². The Morgan fingerprint density at radius 2 is 2.11 bits per heavy atom. The minimum Gasteiger partial charge on any atom is -0.497 e. The van der Waals surface area contributed by atoms with Gasteiger partial charge in [0.2, 0.25) is 0 Å². The number of nitrogens with zero attached hydrogens (tertiary/aromatic N) is 2. The van der Waals surface area contributed by atoms with E-state index in [1.54, 1.807) is 19.2 Å². The molecule has 0 aliphatic carbocycles. The molecule has 1 aromatic heterocycles. The van der Waals surface area contributed by atoms with E-state index in [-0.39, 0.29) is 17.6 Å². The van der Waals surface area contributed by atoms with E-state index >= 15 is 0 Å². The van der Waals surface area contributed by atoms with Crippen molar-refractivity contribution < 1.29 is 18.7 Å². The first-order valence-electron chi connectivity index (χ1n) is 8.48. The van der Waals surface area contributed by atoms with E-state index in [1.807, 2.05) is 6.07 Å². The number of rotatable bonds is 7. The van der Waals surface area contributed by atoms with E-state index in [2.05, 4.69) is 20.6 Å². The number of aromatic nitrogens is 2. The number of primary amides is 1. The lowest BCUT2D eigenvalue weighted by Gasteiger charge is -2.21. The number of hydrogen-bond donors (Lipinski definition) is 3. The molecular weight excluding hydrogens is 365 g/mol. The van der Waals surface area contributed by atoms with Crippen molar-refractivity contribution in [1.82, 2.24) is 15.3 Å². The van der Waals surface area contributed by atoms with Crippen molar-refractivity contribution in [1.29, 1.82) is 0 Å². The summed E-state index contributed by atoms with van der Waals surface area (Å²) < 4.78 is 24.0. The number of anilines is 1. The lowest BCUT2D eigenvalue weighted by molar-refractivity contribution is 0.211. The fourth-order valence-electron chi connectivity index (χ4n) is 2.87. The second-order valence-corrected chi connectivity index (χ2v) is 5.97. The molecule has 1 heterocycles. The maximum absolute atomic E-state index is 13.7. The van der Waals surface area contributed by atoms with Gasteiger partial charge >= 0.3 is 6.09 Å². The third-order valence-electron chi connectivity index (χ3n) is 4.09. The van der Waals surface area contributed by atoms with Crippen LogP contribution in [0.25, 0.3) is 10.9 Å². The standard InChI is InChI=1S/C19H20FN5O3/c1-22-9-15(11-4-3-5-12(20)6-11)25-18-14-7-13(27-2)8-16(28-19(21)26)17(14)23-10-24-18/h3-8,10,15,22H,9H2,1-2H3,(H2,21,26)(H,23,24,25). The average Bonchev–Trinajstić information content (AvgIpc) is 2.67. The lowest BCUT2D eigenvalue weighted by atomic mass is 10.1. The Morgan fingerprint density at radius 1 is 1.29 bits per heavy atom. The number of carbonyl (C=O) groups is 1. The van der Waals surface area contributed by atoms with Crippen molar-refractivity contribution in [2.75, 3.05) is 26.0 Å². The Hall–Kier alpha value is -3.46. The van der Waals surface area contributed by atoms with Gasteiger partial charge in [-0.1, -0.05) is 12.1 Å². The van der Waals surface area contributed by atoms with Crippen LogP contribution in [0.1, 0.15) is 11.6 Å². The summed E-state index contributed by atoms with van der Waals surface area (Å²) in [4.78, 5) is 19.7. The van der Waals surface area contributed by atoms with Crippen molar-refractivity contribution in [3.05, 3.63) is 54.1 Å². The summed E-state index contributed by atoms with van der Waals surface area (Å²) in [5, 5.41) is 6.93. The Morgan fingerprint density at radius 3 is 2.79 bits per heavy atom. The topological polar surface area (TPSA) is 111 Å². The molecule has 0 bridgehead atoms. The first-order valence-corrected chi connectivity index (χ1v) is 8.48. The van der Waals surface area contributed by atoms with Crippen LogP contribution in [-0.4, -0.2) is 36.8 Å². The van der Waals surface area contributed by atoms with Crippen LogP contribution in [0.2, 0.25) is 0 Å². The summed E-state index contributed by atoms with van der Waals surface area (Å²) in [5.41, 5.74) is 6.29. The van der Waals surface area contributed by atoms with Crippen LogP contribution < -0.4 is 25.8 Å². The van der Waals surface area contributed by atoms with Crippen LogP contribution in [-0.2, 0) is 0 Å². The molecule has 3 rings (SSSR count). The molecule has 0 aliphatic heterocycles. The van der Waals surface area contributed by atoms with Gasteiger partial charge in [0.1, 0.15) is 29.2 Å². The van der Waals surface area contributed by atoms with Gasteiger partial charge in [-0.2, -0.15) is 0 Å². The van der Waals surface area contributed by atoms with E-state index in [1.165, 1.54) is 31.6 Å². The molecule has 2 aromatic carbocycles. The second-order valence-electron chi connectivity index (χ2n) is 5.97. The smallest absolute Gasteiger partial charge is 0.410 e. The Bertz CT molecular complexity index is 998. The van der Waals surface area contributed by atoms with Crippen LogP contribution in [0.5, 0.6) is 11.5 Å². The quantitative estimate of drug-likeness (QED) is 0.573. The number of hydrogen-bond acceptors (Lipinski definition) is 7. The number of fused-ring (bicyclic) bond motifs is 1. The van der Waals surface area contributed by atoms with Gasteiger partial charge < -0.3 is 25.8 Å². The molecule has 8 nitrogen and oxygen atoms in total. The van der Waals surface area contributed by atoms with Gasteiger partial charge in [-0.25, -0.2) is 19.2 Å². The van der Waals surface area contributed by atoms with E-state index in [0.717, 1.165) is 5.56 Å². The van der Waals surface area contributed by atoms with Gasteiger partial charge in [0.25, 0.3) is 0 Å². The number of carbonyl (C=O) groups excluding carboxylic acids is 1. The zero-order valence-corrected chi connectivity index (χ0v) is 15.4. The molecule has 9 heteroatoms. The normalized spacial score (nSPS) is 11.8. The molecule has 0 saturated carbocycles. The Kier molecular flexibility index (Phi) is 5.85. The molecule has 4 N–H and O–H groups in total. The maximum atomic E-state index is 13.7. The average molecular weight is 385 g/mol. The molecule has 1 amide bonds. The van der Waals surface area contributed by atoms with Crippen LogP contribution in [0.3, 0.4) is 0 Å². The zero-order valence-electron chi connectivity index (χ0n) is 15.4. The molecule has 28 heavy (non-hydrogen) atoms. The van der Waals surface area contributed by atoms with Gasteiger partial charge in [-0.3, -0.25) is 0 Å². The highest BCUT2D eigenvalue weighted by Crippen LogP contribution is 2.34. The number of benzene rings is 2. The predicted molar refractivity (Wildman–Crippen MR) is 103 cm³/mol. The van der Waals surface area contributed by atoms with Gasteiger partial charge in [0.15, 0.2) is 5.75 Å². The van der Waals surface area contributed by atoms with Crippen molar-refractivity contribution >= 4 is 22.8 Å². The third-order valence-corrected chi connectivity index (χ3v) is 4.09. The number of amides is 1. The highest BCUT2D eigenvalue weighted by Gasteiger charge is 2.17. The fraction of sp³-hybridized carbons (Fsp3) is 0.211.